The predicted molar refractivity (Wildman–Crippen MR) is 73.4 cm³/mol. The lowest BCUT2D eigenvalue weighted by atomic mass is 10.1. The second-order valence-corrected chi connectivity index (χ2v) is 4.52. The van der Waals surface area contributed by atoms with Crippen LogP contribution < -0.4 is 10.1 Å². The first-order chi connectivity index (χ1) is 9.90. The first-order valence-electron chi connectivity index (χ1n) is 6.01. The molecule has 0 heterocycles. The van der Waals surface area contributed by atoms with E-state index in [1.807, 2.05) is 0 Å². The van der Waals surface area contributed by atoms with Crippen molar-refractivity contribution in [3.8, 4) is 5.75 Å². The molecule has 1 atom stereocenters. The van der Waals surface area contributed by atoms with Crippen LogP contribution in [0.4, 0.5) is 0 Å². The van der Waals surface area contributed by atoms with E-state index in [2.05, 4.69) is 5.32 Å². The number of carboxylic acids is 2. The van der Waals surface area contributed by atoms with Gasteiger partial charge in [0.05, 0.1) is 5.02 Å². The number of aliphatic carboxylic acids is 2. The molecule has 0 unspecified atom stereocenters. The van der Waals surface area contributed by atoms with Gasteiger partial charge in [0.25, 0.3) is 5.91 Å². The van der Waals surface area contributed by atoms with E-state index in [0.717, 1.165) is 0 Å². The van der Waals surface area contributed by atoms with Gasteiger partial charge in [-0.05, 0) is 18.6 Å². The molecule has 21 heavy (non-hydrogen) atoms. The third-order valence-electron chi connectivity index (χ3n) is 2.48. The molecular formula is C13H14ClNO6. The van der Waals surface area contributed by atoms with Gasteiger partial charge < -0.3 is 20.3 Å². The fraction of sp³-hybridized carbons (Fsp3) is 0.308. The van der Waals surface area contributed by atoms with Crippen molar-refractivity contribution in [2.75, 3.05) is 6.61 Å². The summed E-state index contributed by atoms with van der Waals surface area (Å²) in [5, 5.41) is 19.9. The monoisotopic (exact) mass is 315 g/mol. The zero-order valence-electron chi connectivity index (χ0n) is 10.9. The molecule has 1 aromatic carbocycles. The number of halogens is 1. The van der Waals surface area contributed by atoms with Crippen molar-refractivity contribution in [2.45, 2.75) is 18.9 Å². The molecule has 0 saturated carbocycles. The minimum absolute atomic E-state index is 0.206. The summed E-state index contributed by atoms with van der Waals surface area (Å²) in [4.78, 5) is 32.9. The van der Waals surface area contributed by atoms with Crippen LogP contribution in [0.3, 0.4) is 0 Å². The summed E-state index contributed by atoms with van der Waals surface area (Å²) < 4.78 is 5.15. The Balaban J connectivity index is 2.49. The van der Waals surface area contributed by atoms with E-state index in [1.54, 1.807) is 24.3 Å². The highest BCUT2D eigenvalue weighted by Crippen LogP contribution is 2.22. The molecule has 0 aliphatic carbocycles. The number of carboxylic acid groups (broad SMARTS) is 2. The van der Waals surface area contributed by atoms with E-state index < -0.39 is 30.5 Å². The van der Waals surface area contributed by atoms with Gasteiger partial charge in [0.1, 0.15) is 11.8 Å². The van der Waals surface area contributed by atoms with Gasteiger partial charge in [-0.25, -0.2) is 4.79 Å². The average Bonchev–Trinajstić information content (AvgIpc) is 2.42. The van der Waals surface area contributed by atoms with E-state index >= 15 is 0 Å². The summed E-state index contributed by atoms with van der Waals surface area (Å²) in [5.74, 6) is -2.82. The van der Waals surface area contributed by atoms with Crippen molar-refractivity contribution in [3.05, 3.63) is 29.3 Å². The molecule has 0 radical (unpaired) electrons. The van der Waals surface area contributed by atoms with Gasteiger partial charge >= 0.3 is 11.9 Å². The molecule has 1 aromatic rings. The molecule has 8 heteroatoms. The summed E-state index contributed by atoms with van der Waals surface area (Å²) in [5.41, 5.74) is 0. The van der Waals surface area contributed by atoms with E-state index in [9.17, 15) is 14.4 Å². The number of hydrogen-bond acceptors (Lipinski definition) is 4. The van der Waals surface area contributed by atoms with Gasteiger partial charge in [-0.15, -0.1) is 0 Å². The maximum Gasteiger partial charge on any atom is 0.326 e. The van der Waals surface area contributed by atoms with Crippen molar-refractivity contribution in [1.29, 1.82) is 0 Å². The lowest BCUT2D eigenvalue weighted by Gasteiger charge is -2.14. The van der Waals surface area contributed by atoms with Gasteiger partial charge in [-0.3, -0.25) is 9.59 Å². The first-order valence-corrected chi connectivity index (χ1v) is 6.39. The number of carbonyl (C=O) groups is 3. The summed E-state index contributed by atoms with van der Waals surface area (Å²) in [6, 6.07) is 5.24. The lowest BCUT2D eigenvalue weighted by Crippen LogP contribution is -2.43. The largest absolute Gasteiger partial charge is 0.482 e. The van der Waals surface area contributed by atoms with Crippen LogP contribution in [0, 0.1) is 0 Å². The van der Waals surface area contributed by atoms with Crippen LogP contribution >= 0.6 is 11.6 Å². The van der Waals surface area contributed by atoms with E-state index in [1.165, 1.54) is 0 Å². The summed E-state index contributed by atoms with van der Waals surface area (Å²) in [6.45, 7) is -0.416. The smallest absolute Gasteiger partial charge is 0.326 e. The van der Waals surface area contributed by atoms with Crippen LogP contribution in [0.2, 0.25) is 5.02 Å². The molecule has 0 spiro atoms. The normalized spacial score (nSPS) is 11.5. The van der Waals surface area contributed by atoms with Gasteiger partial charge in [-0.1, -0.05) is 23.7 Å². The van der Waals surface area contributed by atoms with Crippen molar-refractivity contribution in [3.63, 3.8) is 0 Å². The molecule has 0 aromatic heterocycles. The summed E-state index contributed by atoms with van der Waals surface area (Å²) in [7, 11) is 0. The van der Waals surface area contributed by atoms with Gasteiger partial charge in [0, 0.05) is 6.42 Å². The van der Waals surface area contributed by atoms with Gasteiger partial charge in [-0.2, -0.15) is 0 Å². The maximum absolute atomic E-state index is 11.6. The molecule has 1 rings (SSSR count). The van der Waals surface area contributed by atoms with E-state index in [-0.39, 0.29) is 12.8 Å². The van der Waals surface area contributed by atoms with Crippen LogP contribution in [0.5, 0.6) is 5.75 Å². The number of hydrogen-bond donors (Lipinski definition) is 3. The lowest BCUT2D eigenvalue weighted by molar-refractivity contribution is -0.143. The van der Waals surface area contributed by atoms with Crippen molar-refractivity contribution < 1.29 is 29.3 Å². The fourth-order valence-corrected chi connectivity index (χ4v) is 1.66. The Hall–Kier alpha value is -2.28. The summed E-state index contributed by atoms with van der Waals surface area (Å²) >= 11 is 5.83. The number of nitrogens with one attached hydrogen (secondary N) is 1. The summed E-state index contributed by atoms with van der Waals surface area (Å²) in [6.07, 6.45) is -0.564. The number of amides is 1. The zero-order chi connectivity index (χ0) is 15.8. The van der Waals surface area contributed by atoms with Crippen LogP contribution in [0.15, 0.2) is 24.3 Å². The van der Waals surface area contributed by atoms with Crippen molar-refractivity contribution >= 4 is 29.4 Å². The highest BCUT2D eigenvalue weighted by Gasteiger charge is 2.21. The fourth-order valence-electron chi connectivity index (χ4n) is 1.47. The molecule has 3 N–H and O–H groups in total. The van der Waals surface area contributed by atoms with Crippen LogP contribution in [-0.2, 0) is 14.4 Å². The molecule has 0 fully saturated rings. The quantitative estimate of drug-likeness (QED) is 0.663. The number of carbonyl (C=O) groups excluding carboxylic acids is 1. The van der Waals surface area contributed by atoms with Crippen molar-refractivity contribution in [2.24, 2.45) is 0 Å². The molecule has 0 bridgehead atoms. The maximum atomic E-state index is 11.6. The molecule has 0 aliphatic heterocycles. The molecule has 1 amide bonds. The Bertz CT molecular complexity index is 533. The highest BCUT2D eigenvalue weighted by molar-refractivity contribution is 6.32. The SMILES string of the molecule is O=C(O)CC[C@H](NC(=O)COc1ccccc1Cl)C(=O)O. The Morgan fingerprint density at radius 1 is 1.24 bits per heavy atom. The van der Waals surface area contributed by atoms with E-state index in [0.29, 0.717) is 10.8 Å². The first kappa shape index (κ1) is 16.8. The molecular weight excluding hydrogens is 302 g/mol. The van der Waals surface area contributed by atoms with Crippen LogP contribution in [-0.4, -0.2) is 40.7 Å². The zero-order valence-corrected chi connectivity index (χ0v) is 11.7. The molecule has 0 saturated heterocycles. The number of para-hydroxylation sites is 1. The molecule has 0 aliphatic rings. The predicted octanol–water partition coefficient (Wildman–Crippen LogP) is 1.15. The Morgan fingerprint density at radius 3 is 2.48 bits per heavy atom. The van der Waals surface area contributed by atoms with Gasteiger partial charge in [0.15, 0.2) is 6.61 Å². The van der Waals surface area contributed by atoms with Crippen molar-refractivity contribution in [1.82, 2.24) is 5.32 Å². The Morgan fingerprint density at radius 2 is 1.90 bits per heavy atom. The minimum Gasteiger partial charge on any atom is -0.482 e. The minimum atomic E-state index is -1.30. The topological polar surface area (TPSA) is 113 Å². The average molecular weight is 316 g/mol. The third kappa shape index (κ3) is 6.13. The second kappa shape index (κ2) is 8.11. The second-order valence-electron chi connectivity index (χ2n) is 4.11. The van der Waals surface area contributed by atoms with Crippen LogP contribution in [0.1, 0.15) is 12.8 Å². The number of ether oxygens (including phenoxy) is 1. The highest BCUT2D eigenvalue weighted by atomic mass is 35.5. The molecule has 114 valence electrons. The van der Waals surface area contributed by atoms with E-state index in [4.69, 9.17) is 26.6 Å². The third-order valence-corrected chi connectivity index (χ3v) is 2.79. The Labute approximate surface area is 125 Å². The standard InChI is InChI=1S/C13H14ClNO6/c14-8-3-1-2-4-10(8)21-7-11(16)15-9(13(19)20)5-6-12(17)18/h1-4,9H,5-7H2,(H,15,16)(H,17,18)(H,19,20)/t9-/m0/s1. The Kier molecular flexibility index (Phi) is 6.48. The molecule has 7 nitrogen and oxygen atoms in total. The van der Waals surface area contributed by atoms with Crippen LogP contribution in [0.25, 0.3) is 0 Å². The number of rotatable bonds is 8. The van der Waals surface area contributed by atoms with Gasteiger partial charge in [0.2, 0.25) is 0 Å². The number of benzene rings is 1.